The van der Waals surface area contributed by atoms with Crippen molar-refractivity contribution < 1.29 is 19.2 Å². The molecule has 2 heterocycles. The summed E-state index contributed by atoms with van der Waals surface area (Å²) >= 11 is 0. The number of imide groups is 1. The van der Waals surface area contributed by atoms with Gasteiger partial charge in [-0.3, -0.25) is 19.3 Å². The zero-order valence-electron chi connectivity index (χ0n) is 17.2. The van der Waals surface area contributed by atoms with E-state index in [2.05, 4.69) is 31.4 Å². The number of nitrogens with one attached hydrogen (secondary N) is 2. The van der Waals surface area contributed by atoms with Gasteiger partial charge in [-0.2, -0.15) is 0 Å². The van der Waals surface area contributed by atoms with Crippen molar-refractivity contribution in [2.45, 2.75) is 64.8 Å². The van der Waals surface area contributed by atoms with Crippen LogP contribution in [0.5, 0.6) is 0 Å². The Morgan fingerprint density at radius 3 is 2.50 bits per heavy atom. The van der Waals surface area contributed by atoms with Crippen molar-refractivity contribution in [1.29, 1.82) is 0 Å². The van der Waals surface area contributed by atoms with E-state index in [0.717, 1.165) is 37.3 Å². The van der Waals surface area contributed by atoms with Crippen LogP contribution in [-0.4, -0.2) is 65.3 Å². The molecule has 3 fully saturated rings. The fraction of sp³-hybridized carbons (Fsp3) is 0.800. The zero-order chi connectivity index (χ0) is 20.5. The fourth-order valence-corrected chi connectivity index (χ4v) is 5.28. The van der Waals surface area contributed by atoms with Crippen LogP contribution in [0.1, 0.15) is 59.3 Å². The molecule has 8 nitrogen and oxygen atoms in total. The number of rotatable bonds is 5. The van der Waals surface area contributed by atoms with Crippen LogP contribution in [0.2, 0.25) is 0 Å². The average molecular weight is 393 g/mol. The third-order valence-electron chi connectivity index (χ3n) is 6.05. The third-order valence-corrected chi connectivity index (χ3v) is 6.05. The smallest absolute Gasteiger partial charge is 0.325 e. The molecule has 1 aliphatic carbocycles. The summed E-state index contributed by atoms with van der Waals surface area (Å²) in [6.45, 7) is 7.78. The second-order valence-corrected chi connectivity index (χ2v) is 9.45. The average Bonchev–Trinajstić information content (AvgIpc) is 3.17. The first-order valence-electron chi connectivity index (χ1n) is 10.3. The van der Waals surface area contributed by atoms with Gasteiger partial charge in [-0.1, -0.05) is 20.8 Å². The monoisotopic (exact) mass is 392 g/mol. The molecule has 1 spiro atoms. The summed E-state index contributed by atoms with van der Waals surface area (Å²) in [5.74, 6) is -0.373. The maximum atomic E-state index is 13.0. The van der Waals surface area contributed by atoms with E-state index in [1.54, 1.807) is 4.90 Å². The minimum Gasteiger partial charge on any atom is -0.354 e. The van der Waals surface area contributed by atoms with Crippen LogP contribution in [0, 0.1) is 11.3 Å². The normalized spacial score (nSPS) is 29.3. The molecule has 3 aliphatic rings. The highest BCUT2D eigenvalue weighted by atomic mass is 16.2. The van der Waals surface area contributed by atoms with E-state index in [1.165, 1.54) is 0 Å². The van der Waals surface area contributed by atoms with E-state index in [0.29, 0.717) is 18.8 Å². The van der Waals surface area contributed by atoms with Crippen LogP contribution in [0.25, 0.3) is 0 Å². The molecular weight excluding hydrogens is 360 g/mol. The SMILES string of the molecule is C[C@H]1CC(C)(C)C[C@@]2(C1)NC(=O)N(CC(=O)NCCC(=O)N1CCCC1)C2=O. The number of urea groups is 1. The summed E-state index contributed by atoms with van der Waals surface area (Å²) in [6.07, 6.45) is 4.48. The Bertz CT molecular complexity index is 671. The minimum absolute atomic E-state index is 0.0326. The van der Waals surface area contributed by atoms with Gasteiger partial charge in [0.05, 0.1) is 0 Å². The lowest BCUT2D eigenvalue weighted by atomic mass is 9.64. The Hall–Kier alpha value is -2.12. The van der Waals surface area contributed by atoms with E-state index in [-0.39, 0.29) is 36.7 Å². The van der Waals surface area contributed by atoms with Gasteiger partial charge in [0.2, 0.25) is 11.8 Å². The van der Waals surface area contributed by atoms with E-state index in [1.807, 2.05) is 0 Å². The van der Waals surface area contributed by atoms with Gasteiger partial charge in [0.25, 0.3) is 5.91 Å². The zero-order valence-corrected chi connectivity index (χ0v) is 17.2. The van der Waals surface area contributed by atoms with E-state index >= 15 is 0 Å². The van der Waals surface area contributed by atoms with Crippen molar-refractivity contribution in [3.8, 4) is 0 Å². The fourth-order valence-electron chi connectivity index (χ4n) is 5.28. The van der Waals surface area contributed by atoms with Gasteiger partial charge >= 0.3 is 6.03 Å². The highest BCUT2D eigenvalue weighted by Gasteiger charge is 2.56. The first-order valence-corrected chi connectivity index (χ1v) is 10.3. The molecule has 2 atom stereocenters. The maximum Gasteiger partial charge on any atom is 0.325 e. The van der Waals surface area contributed by atoms with Gasteiger partial charge in [0.1, 0.15) is 12.1 Å². The molecule has 0 unspecified atom stereocenters. The van der Waals surface area contributed by atoms with Crippen LogP contribution < -0.4 is 10.6 Å². The number of carbonyl (C=O) groups excluding carboxylic acids is 4. The molecule has 2 aliphatic heterocycles. The number of carbonyl (C=O) groups is 4. The first-order chi connectivity index (χ1) is 13.1. The lowest BCUT2D eigenvalue weighted by Gasteiger charge is -2.43. The topological polar surface area (TPSA) is 98.8 Å². The quantitative estimate of drug-likeness (QED) is 0.688. The third kappa shape index (κ3) is 4.31. The van der Waals surface area contributed by atoms with Gasteiger partial charge in [-0.15, -0.1) is 0 Å². The van der Waals surface area contributed by atoms with E-state index in [9.17, 15) is 19.2 Å². The van der Waals surface area contributed by atoms with Gasteiger partial charge < -0.3 is 15.5 Å². The Balaban J connectivity index is 1.52. The van der Waals surface area contributed by atoms with Crippen molar-refractivity contribution in [2.24, 2.45) is 11.3 Å². The summed E-state index contributed by atoms with van der Waals surface area (Å²) in [5, 5.41) is 5.53. The molecule has 2 saturated heterocycles. The lowest BCUT2D eigenvalue weighted by molar-refractivity contribution is -0.137. The predicted molar refractivity (Wildman–Crippen MR) is 103 cm³/mol. The Morgan fingerprint density at radius 2 is 1.86 bits per heavy atom. The van der Waals surface area contributed by atoms with Crippen LogP contribution in [0.3, 0.4) is 0 Å². The van der Waals surface area contributed by atoms with Gasteiger partial charge in [0.15, 0.2) is 0 Å². The lowest BCUT2D eigenvalue weighted by Crippen LogP contribution is -2.54. The number of hydrogen-bond donors (Lipinski definition) is 2. The van der Waals surface area contributed by atoms with Crippen molar-refractivity contribution in [3.63, 3.8) is 0 Å². The van der Waals surface area contributed by atoms with Crippen molar-refractivity contribution in [2.75, 3.05) is 26.2 Å². The number of hydrogen-bond acceptors (Lipinski definition) is 4. The number of amides is 5. The molecule has 28 heavy (non-hydrogen) atoms. The van der Waals surface area contributed by atoms with Crippen molar-refractivity contribution >= 4 is 23.8 Å². The standard InChI is InChI=1S/C20H32N4O4/c1-14-10-19(2,3)13-20(11-14)17(27)24(18(28)22-20)12-15(25)21-7-6-16(26)23-8-4-5-9-23/h14H,4-13H2,1-3H3,(H,21,25)(H,22,28)/t14-,20+/m0/s1. The minimum atomic E-state index is -0.899. The Morgan fingerprint density at radius 1 is 1.18 bits per heavy atom. The number of nitrogens with zero attached hydrogens (tertiary/aromatic N) is 2. The molecule has 5 amide bonds. The molecule has 2 N–H and O–H groups in total. The van der Waals surface area contributed by atoms with Crippen LogP contribution in [0.4, 0.5) is 4.79 Å². The summed E-state index contributed by atoms with van der Waals surface area (Å²) in [7, 11) is 0. The van der Waals surface area contributed by atoms with Gasteiger partial charge in [0, 0.05) is 26.1 Å². The molecule has 0 aromatic carbocycles. The molecule has 8 heteroatoms. The molecular formula is C20H32N4O4. The maximum absolute atomic E-state index is 13.0. The highest BCUT2D eigenvalue weighted by molar-refractivity contribution is 6.09. The van der Waals surface area contributed by atoms with E-state index < -0.39 is 17.5 Å². The second-order valence-electron chi connectivity index (χ2n) is 9.45. The van der Waals surface area contributed by atoms with Crippen molar-refractivity contribution in [3.05, 3.63) is 0 Å². The number of likely N-dealkylation sites (tertiary alicyclic amines) is 1. The second kappa shape index (κ2) is 7.72. The molecule has 156 valence electrons. The summed E-state index contributed by atoms with van der Waals surface area (Å²) in [4.78, 5) is 52.5. The molecule has 3 rings (SSSR count). The van der Waals surface area contributed by atoms with Gasteiger partial charge in [-0.25, -0.2) is 4.79 Å². The summed E-state index contributed by atoms with van der Waals surface area (Å²) in [5.41, 5.74) is -0.945. The molecule has 0 bridgehead atoms. The van der Waals surface area contributed by atoms with Crippen LogP contribution >= 0.6 is 0 Å². The molecule has 0 aromatic heterocycles. The molecule has 0 radical (unpaired) electrons. The van der Waals surface area contributed by atoms with Crippen molar-refractivity contribution in [1.82, 2.24) is 20.4 Å². The molecule has 1 saturated carbocycles. The largest absolute Gasteiger partial charge is 0.354 e. The predicted octanol–water partition coefficient (Wildman–Crippen LogP) is 1.25. The summed E-state index contributed by atoms with van der Waals surface area (Å²) in [6, 6.07) is -0.502. The van der Waals surface area contributed by atoms with Gasteiger partial charge in [-0.05, 0) is 43.4 Å². The highest BCUT2D eigenvalue weighted by Crippen LogP contribution is 2.46. The van der Waals surface area contributed by atoms with Crippen LogP contribution in [0.15, 0.2) is 0 Å². The van der Waals surface area contributed by atoms with E-state index in [4.69, 9.17) is 0 Å². The van der Waals surface area contributed by atoms with Crippen LogP contribution in [-0.2, 0) is 14.4 Å². The first kappa shape index (κ1) is 20.6. The molecule has 0 aromatic rings. The Kier molecular flexibility index (Phi) is 5.68. The Labute approximate surface area is 166 Å². The summed E-state index contributed by atoms with van der Waals surface area (Å²) < 4.78 is 0.